The number of methoxy groups -OCH3 is 1. The van der Waals surface area contributed by atoms with Gasteiger partial charge in [-0.1, -0.05) is 72.8 Å². The second kappa shape index (κ2) is 11.4. The van der Waals surface area contributed by atoms with Crippen LogP contribution in [-0.4, -0.2) is 64.2 Å². The summed E-state index contributed by atoms with van der Waals surface area (Å²) in [5.74, 6) is -0.0649. The van der Waals surface area contributed by atoms with Crippen molar-refractivity contribution in [3.05, 3.63) is 96.1 Å². The third kappa shape index (κ3) is 6.01. The summed E-state index contributed by atoms with van der Waals surface area (Å²) < 4.78 is 32.9. The SMILES string of the molecule is COc1ccccc1N1CCN(S(=O)(=O)CCNC(=O)C(c2ccccc2)c2ccccc2)CC1. The van der Waals surface area contributed by atoms with Gasteiger partial charge in [-0.3, -0.25) is 4.79 Å². The molecular formula is C27H31N3O4S. The lowest BCUT2D eigenvalue weighted by Gasteiger charge is -2.36. The van der Waals surface area contributed by atoms with E-state index >= 15 is 0 Å². The van der Waals surface area contributed by atoms with Crippen molar-refractivity contribution < 1.29 is 17.9 Å². The van der Waals surface area contributed by atoms with Crippen molar-refractivity contribution in [2.24, 2.45) is 0 Å². The molecule has 0 bridgehead atoms. The quantitative estimate of drug-likeness (QED) is 0.496. The fourth-order valence-electron chi connectivity index (χ4n) is 4.42. The fourth-order valence-corrected chi connectivity index (χ4v) is 5.76. The summed E-state index contributed by atoms with van der Waals surface area (Å²) in [5.41, 5.74) is 2.70. The van der Waals surface area contributed by atoms with Gasteiger partial charge in [0.1, 0.15) is 5.75 Å². The number of nitrogens with one attached hydrogen (secondary N) is 1. The van der Waals surface area contributed by atoms with Gasteiger partial charge in [-0.15, -0.1) is 0 Å². The maximum atomic E-state index is 13.1. The highest BCUT2D eigenvalue weighted by Crippen LogP contribution is 2.29. The minimum absolute atomic E-state index is 0.0596. The van der Waals surface area contributed by atoms with Crippen LogP contribution in [-0.2, 0) is 14.8 Å². The van der Waals surface area contributed by atoms with E-state index < -0.39 is 15.9 Å². The first-order chi connectivity index (χ1) is 17.0. The summed E-state index contributed by atoms with van der Waals surface area (Å²) in [5, 5.41) is 2.85. The van der Waals surface area contributed by atoms with Crippen molar-refractivity contribution in [2.75, 3.05) is 50.5 Å². The lowest BCUT2D eigenvalue weighted by atomic mass is 9.90. The van der Waals surface area contributed by atoms with E-state index in [2.05, 4.69) is 10.2 Å². The van der Waals surface area contributed by atoms with Crippen LogP contribution in [0, 0.1) is 0 Å². The number of hydrogen-bond acceptors (Lipinski definition) is 5. The van der Waals surface area contributed by atoms with Crippen molar-refractivity contribution in [1.29, 1.82) is 0 Å². The van der Waals surface area contributed by atoms with Gasteiger partial charge in [0.25, 0.3) is 0 Å². The Kier molecular flexibility index (Phi) is 8.05. The highest BCUT2D eigenvalue weighted by molar-refractivity contribution is 7.89. The van der Waals surface area contributed by atoms with Crippen molar-refractivity contribution in [1.82, 2.24) is 9.62 Å². The Bertz CT molecular complexity index is 1170. The number of rotatable bonds is 9. The van der Waals surface area contributed by atoms with Gasteiger partial charge in [-0.25, -0.2) is 8.42 Å². The zero-order chi connectivity index (χ0) is 24.7. The van der Waals surface area contributed by atoms with Crippen LogP contribution >= 0.6 is 0 Å². The van der Waals surface area contributed by atoms with Crippen LogP contribution in [0.4, 0.5) is 5.69 Å². The lowest BCUT2D eigenvalue weighted by Crippen LogP contribution is -2.50. The third-order valence-electron chi connectivity index (χ3n) is 6.25. The van der Waals surface area contributed by atoms with Gasteiger partial charge < -0.3 is 15.0 Å². The molecule has 1 amide bonds. The van der Waals surface area contributed by atoms with E-state index in [9.17, 15) is 13.2 Å². The van der Waals surface area contributed by atoms with Crippen LogP contribution < -0.4 is 15.0 Å². The first kappa shape index (κ1) is 24.8. The number of benzene rings is 3. The lowest BCUT2D eigenvalue weighted by molar-refractivity contribution is -0.121. The van der Waals surface area contributed by atoms with Gasteiger partial charge in [0, 0.05) is 32.7 Å². The smallest absolute Gasteiger partial charge is 0.232 e. The molecule has 35 heavy (non-hydrogen) atoms. The molecule has 1 N–H and O–H groups in total. The molecule has 0 unspecified atom stereocenters. The molecule has 0 aliphatic carbocycles. The van der Waals surface area contributed by atoms with E-state index in [1.165, 1.54) is 4.31 Å². The molecule has 184 valence electrons. The minimum Gasteiger partial charge on any atom is -0.495 e. The molecule has 1 saturated heterocycles. The average molecular weight is 494 g/mol. The number of amides is 1. The summed E-state index contributed by atoms with van der Waals surface area (Å²) in [7, 11) is -1.86. The van der Waals surface area contributed by atoms with E-state index in [0.717, 1.165) is 22.6 Å². The average Bonchev–Trinajstić information content (AvgIpc) is 2.90. The zero-order valence-corrected chi connectivity index (χ0v) is 20.7. The number of nitrogens with zero attached hydrogens (tertiary/aromatic N) is 2. The largest absolute Gasteiger partial charge is 0.495 e. The molecule has 8 heteroatoms. The van der Waals surface area contributed by atoms with Crippen LogP contribution in [0.5, 0.6) is 5.75 Å². The molecule has 1 aliphatic heterocycles. The number of carbonyl (C=O) groups is 1. The summed E-state index contributed by atoms with van der Waals surface area (Å²) in [6.45, 7) is 2.01. The van der Waals surface area contributed by atoms with Crippen LogP contribution in [0.25, 0.3) is 0 Å². The molecule has 3 aromatic carbocycles. The van der Waals surface area contributed by atoms with E-state index in [4.69, 9.17) is 4.74 Å². The zero-order valence-electron chi connectivity index (χ0n) is 19.8. The molecule has 0 aromatic heterocycles. The number of ether oxygens (including phenoxy) is 1. The second-order valence-electron chi connectivity index (χ2n) is 8.42. The highest BCUT2D eigenvalue weighted by Gasteiger charge is 2.28. The molecule has 0 atom stereocenters. The molecular weight excluding hydrogens is 462 g/mol. The first-order valence-corrected chi connectivity index (χ1v) is 13.3. The Morgan fingerprint density at radius 1 is 0.857 bits per heavy atom. The maximum Gasteiger partial charge on any atom is 0.232 e. The summed E-state index contributed by atoms with van der Waals surface area (Å²) >= 11 is 0. The number of para-hydroxylation sites is 2. The van der Waals surface area contributed by atoms with E-state index in [-0.39, 0.29) is 18.2 Å². The molecule has 3 aromatic rings. The maximum absolute atomic E-state index is 13.1. The molecule has 4 rings (SSSR count). The van der Waals surface area contributed by atoms with E-state index in [1.807, 2.05) is 84.9 Å². The highest BCUT2D eigenvalue weighted by atomic mass is 32.2. The predicted molar refractivity (Wildman–Crippen MR) is 138 cm³/mol. The molecule has 0 saturated carbocycles. The molecule has 1 fully saturated rings. The number of sulfonamides is 1. The Hall–Kier alpha value is -3.36. The van der Waals surface area contributed by atoms with E-state index in [0.29, 0.717) is 26.2 Å². The third-order valence-corrected chi connectivity index (χ3v) is 8.12. The topological polar surface area (TPSA) is 79.0 Å². The summed E-state index contributed by atoms with van der Waals surface area (Å²) in [6, 6.07) is 26.8. The Labute approximate surface area is 207 Å². The van der Waals surface area contributed by atoms with Crippen molar-refractivity contribution >= 4 is 21.6 Å². The van der Waals surface area contributed by atoms with Crippen LogP contribution in [0.15, 0.2) is 84.9 Å². The van der Waals surface area contributed by atoms with E-state index in [1.54, 1.807) is 7.11 Å². The van der Waals surface area contributed by atoms with Crippen LogP contribution in [0.2, 0.25) is 0 Å². The summed E-state index contributed by atoms with van der Waals surface area (Å²) in [4.78, 5) is 15.3. The standard InChI is InChI=1S/C27H31N3O4S/c1-34-25-15-9-8-14-24(25)29-17-19-30(20-18-29)35(32,33)21-16-28-27(31)26(22-10-4-2-5-11-22)23-12-6-3-7-13-23/h2-15,26H,16-21H2,1H3,(H,28,31). The van der Waals surface area contributed by atoms with Gasteiger partial charge in [0.15, 0.2) is 0 Å². The van der Waals surface area contributed by atoms with Crippen molar-refractivity contribution in [2.45, 2.75) is 5.92 Å². The monoisotopic (exact) mass is 493 g/mol. The molecule has 7 nitrogen and oxygen atoms in total. The van der Waals surface area contributed by atoms with Gasteiger partial charge in [0.2, 0.25) is 15.9 Å². The first-order valence-electron chi connectivity index (χ1n) is 11.7. The summed E-state index contributed by atoms with van der Waals surface area (Å²) in [6.07, 6.45) is 0. The minimum atomic E-state index is -3.49. The molecule has 0 radical (unpaired) electrons. The Balaban J connectivity index is 1.35. The number of piperazine rings is 1. The van der Waals surface area contributed by atoms with Gasteiger partial charge in [-0.05, 0) is 23.3 Å². The van der Waals surface area contributed by atoms with Gasteiger partial charge in [-0.2, -0.15) is 4.31 Å². The molecule has 1 aliphatic rings. The molecule has 0 spiro atoms. The van der Waals surface area contributed by atoms with Gasteiger partial charge in [0.05, 0.1) is 24.5 Å². The Morgan fingerprint density at radius 3 is 1.97 bits per heavy atom. The number of anilines is 1. The number of carbonyl (C=O) groups excluding carboxylic acids is 1. The second-order valence-corrected chi connectivity index (χ2v) is 10.5. The van der Waals surface area contributed by atoms with Crippen molar-refractivity contribution in [3.63, 3.8) is 0 Å². The Morgan fingerprint density at radius 2 is 1.40 bits per heavy atom. The molecule has 1 heterocycles. The van der Waals surface area contributed by atoms with Crippen molar-refractivity contribution in [3.8, 4) is 5.75 Å². The normalized spacial score (nSPS) is 14.6. The predicted octanol–water partition coefficient (Wildman–Crippen LogP) is 3.10. The van der Waals surface area contributed by atoms with Gasteiger partial charge >= 0.3 is 0 Å². The van der Waals surface area contributed by atoms with Crippen LogP contribution in [0.3, 0.4) is 0 Å². The van der Waals surface area contributed by atoms with Crippen LogP contribution in [0.1, 0.15) is 17.0 Å². The number of hydrogen-bond donors (Lipinski definition) is 1. The fraction of sp³-hybridized carbons (Fsp3) is 0.296.